The number of fused-ring (bicyclic) bond motifs is 15. The molecule has 0 amide bonds. The summed E-state index contributed by atoms with van der Waals surface area (Å²) in [7, 11) is 0.822. The lowest BCUT2D eigenvalue weighted by molar-refractivity contribution is 0.332. The lowest BCUT2D eigenvalue weighted by Gasteiger charge is -2.41. The van der Waals surface area contributed by atoms with Gasteiger partial charge in [0.05, 0.1) is 11.2 Å². The molecular formula is C66H61BN2O. The molecule has 3 heterocycles. The van der Waals surface area contributed by atoms with Crippen LogP contribution >= 0.6 is 0 Å². The summed E-state index contributed by atoms with van der Waals surface area (Å²) in [5.41, 5.74) is 28.3. The van der Waals surface area contributed by atoms with Crippen LogP contribution < -0.4 is 16.2 Å². The highest BCUT2D eigenvalue weighted by atomic mass is 16.3. The first-order chi connectivity index (χ1) is 33.3. The van der Waals surface area contributed by atoms with Crippen molar-refractivity contribution in [2.45, 2.75) is 116 Å². The molecule has 4 heteroatoms. The minimum Gasteiger partial charge on any atom is -0.456 e. The predicted molar refractivity (Wildman–Crippen MR) is 299 cm³/mol. The van der Waals surface area contributed by atoms with Crippen molar-refractivity contribution < 1.29 is 4.42 Å². The van der Waals surface area contributed by atoms with Gasteiger partial charge in [0.2, 0.25) is 0 Å². The zero-order chi connectivity index (χ0) is 48.2. The lowest BCUT2D eigenvalue weighted by Crippen LogP contribution is -2.37. The van der Waals surface area contributed by atoms with E-state index in [2.05, 4.69) is 220 Å². The second-order valence-corrected chi connectivity index (χ2v) is 24.9. The number of anilines is 2. The van der Waals surface area contributed by atoms with Gasteiger partial charge in [0.15, 0.2) is 7.28 Å². The van der Waals surface area contributed by atoms with Gasteiger partial charge >= 0.3 is 0 Å². The third-order valence-corrected chi connectivity index (χ3v) is 18.0. The average molecular weight is 909 g/mol. The third-order valence-electron chi connectivity index (χ3n) is 18.0. The van der Waals surface area contributed by atoms with Crippen LogP contribution in [-0.4, -0.2) is 11.8 Å². The summed E-state index contributed by atoms with van der Waals surface area (Å²) in [6.07, 6.45) is 2.33. The Morgan fingerprint density at radius 3 is 1.76 bits per heavy atom. The minimum absolute atomic E-state index is 0.0588. The highest BCUT2D eigenvalue weighted by Crippen LogP contribution is 2.54. The zero-order valence-corrected chi connectivity index (χ0v) is 42.7. The van der Waals surface area contributed by atoms with Crippen molar-refractivity contribution in [2.24, 2.45) is 0 Å². The molecule has 3 nitrogen and oxygen atoms in total. The average Bonchev–Trinajstić information content (AvgIpc) is 3.99. The van der Waals surface area contributed by atoms with E-state index in [1.807, 2.05) is 0 Å². The maximum absolute atomic E-state index is 6.98. The molecule has 8 aromatic carbocycles. The molecule has 344 valence electrons. The van der Waals surface area contributed by atoms with E-state index >= 15 is 0 Å². The van der Waals surface area contributed by atoms with Gasteiger partial charge in [0, 0.05) is 60.9 Å². The van der Waals surface area contributed by atoms with E-state index in [-0.39, 0.29) is 27.1 Å². The first-order valence-corrected chi connectivity index (χ1v) is 25.7. The Hall–Kier alpha value is -6.78. The largest absolute Gasteiger partial charge is 0.456 e. The molecule has 0 spiro atoms. The summed E-state index contributed by atoms with van der Waals surface area (Å²) >= 11 is 0. The van der Waals surface area contributed by atoms with Crippen LogP contribution in [0.3, 0.4) is 0 Å². The van der Waals surface area contributed by atoms with Crippen molar-refractivity contribution in [2.75, 3.05) is 5.32 Å². The maximum Gasteiger partial charge on any atom is 0.198 e. The van der Waals surface area contributed by atoms with Crippen molar-refractivity contribution in [3.05, 3.63) is 172 Å². The highest BCUT2D eigenvalue weighted by Gasteiger charge is 2.41. The molecule has 0 fully saturated rings. The van der Waals surface area contributed by atoms with E-state index in [1.165, 1.54) is 128 Å². The summed E-state index contributed by atoms with van der Waals surface area (Å²) in [5, 5.41) is 8.97. The summed E-state index contributed by atoms with van der Waals surface area (Å²) in [6.45, 7) is 26.1. The third kappa shape index (κ3) is 5.59. The molecule has 1 N–H and O–H groups in total. The van der Waals surface area contributed by atoms with Gasteiger partial charge in [-0.25, -0.2) is 0 Å². The van der Waals surface area contributed by atoms with Crippen LogP contribution in [0.15, 0.2) is 138 Å². The minimum atomic E-state index is -0.122. The van der Waals surface area contributed by atoms with Gasteiger partial charge < -0.3 is 14.3 Å². The molecule has 0 unspecified atom stereocenters. The molecule has 0 radical (unpaired) electrons. The van der Waals surface area contributed by atoms with Gasteiger partial charge in [-0.15, -0.1) is 0 Å². The highest BCUT2D eigenvalue weighted by molar-refractivity contribution is 6.73. The van der Waals surface area contributed by atoms with Crippen LogP contribution in [0.2, 0.25) is 0 Å². The molecule has 1 aliphatic heterocycles. The number of furan rings is 1. The number of hydrogen-bond donors (Lipinski definition) is 1. The number of hydrogen-bond acceptors (Lipinski definition) is 2. The van der Waals surface area contributed by atoms with E-state index in [9.17, 15) is 0 Å². The van der Waals surface area contributed by atoms with E-state index in [4.69, 9.17) is 4.42 Å². The van der Waals surface area contributed by atoms with Crippen LogP contribution in [0.1, 0.15) is 128 Å². The first-order valence-electron chi connectivity index (χ1n) is 25.7. The number of nitrogens with one attached hydrogen (secondary N) is 1. The Kier molecular flexibility index (Phi) is 8.15. The molecule has 0 saturated carbocycles. The van der Waals surface area contributed by atoms with Gasteiger partial charge in [-0.2, -0.15) is 0 Å². The fraction of sp³-hybridized carbons (Fsp3) is 0.273. The molecule has 3 aliphatic carbocycles. The molecular weight excluding hydrogens is 848 g/mol. The Morgan fingerprint density at radius 2 is 1.09 bits per heavy atom. The number of aromatic nitrogens is 1. The Morgan fingerprint density at radius 1 is 0.500 bits per heavy atom. The van der Waals surface area contributed by atoms with E-state index in [0.29, 0.717) is 0 Å². The fourth-order valence-electron chi connectivity index (χ4n) is 13.8. The molecule has 0 saturated heterocycles. The summed E-state index contributed by atoms with van der Waals surface area (Å²) < 4.78 is 9.65. The van der Waals surface area contributed by atoms with Crippen molar-refractivity contribution >= 4 is 73.3 Å². The summed E-state index contributed by atoms with van der Waals surface area (Å²) in [4.78, 5) is 0. The van der Waals surface area contributed by atoms with Crippen molar-refractivity contribution in [1.29, 1.82) is 0 Å². The van der Waals surface area contributed by atoms with Crippen molar-refractivity contribution in [3.8, 4) is 39.1 Å². The van der Waals surface area contributed by atoms with Crippen LogP contribution in [0.5, 0.6) is 0 Å². The van der Waals surface area contributed by atoms with Crippen molar-refractivity contribution in [3.63, 3.8) is 0 Å². The fourth-order valence-corrected chi connectivity index (χ4v) is 13.8. The van der Waals surface area contributed by atoms with Crippen LogP contribution in [0, 0.1) is 0 Å². The SMILES string of the molecule is CC(C)(C)c1ccc(Nc2cc3oc4cc5c(cc4c3cc2-c2ccc3c4cc6c(cc4n4c3c2Bc2cc3c(cc2-4)C(C)(C)c2ccccc2-3)C(C)(C)c2ccccc2-6)C(C)(C)CCC5(C)C)cc1. The van der Waals surface area contributed by atoms with Crippen LogP contribution in [0.4, 0.5) is 11.4 Å². The predicted octanol–water partition coefficient (Wildman–Crippen LogP) is 16.1. The standard InChI is InChI=1S/C66H61BN2O/c1-62(2,3)36-20-22-37(23-21-36)68-55-35-59-46(47-30-52-53(34-58(47)70-59)64(6,7)27-26-63(52,4)5)29-44(55)40-24-25-41-45-28-42-38-16-12-14-18-48(38)65(8,9)50(42)32-56(45)69-57-33-51-43(31-54(57)67-60(40)61(41)69)39-17-13-15-19-49(39)66(51,10)11/h12-25,28-35,67-68H,26-27H2,1-11H3. The summed E-state index contributed by atoms with van der Waals surface area (Å²) in [5.74, 6) is 0. The van der Waals surface area contributed by atoms with Gasteiger partial charge in [-0.1, -0.05) is 160 Å². The normalized spacial score (nSPS) is 17.2. The van der Waals surface area contributed by atoms with Gasteiger partial charge in [0.1, 0.15) is 11.2 Å². The Labute approximate surface area is 413 Å². The maximum atomic E-state index is 6.98. The number of rotatable bonds is 3. The zero-order valence-electron chi connectivity index (χ0n) is 42.7. The second-order valence-electron chi connectivity index (χ2n) is 24.9. The van der Waals surface area contributed by atoms with Gasteiger partial charge in [-0.3, -0.25) is 0 Å². The molecule has 4 aliphatic rings. The first kappa shape index (κ1) is 42.1. The second kappa shape index (κ2) is 13.5. The quantitative estimate of drug-likeness (QED) is 0.179. The Bertz CT molecular complexity index is 3970. The van der Waals surface area contributed by atoms with Crippen LogP contribution in [0.25, 0.3) is 82.8 Å². The number of nitrogens with zero attached hydrogens (tertiary/aromatic N) is 1. The van der Waals surface area contributed by atoms with Crippen LogP contribution in [-0.2, 0) is 27.1 Å². The molecule has 14 rings (SSSR count). The molecule has 10 aromatic rings. The van der Waals surface area contributed by atoms with Gasteiger partial charge in [0.25, 0.3) is 0 Å². The van der Waals surface area contributed by atoms with Crippen molar-refractivity contribution in [1.82, 2.24) is 4.57 Å². The smallest absolute Gasteiger partial charge is 0.198 e. The molecule has 70 heavy (non-hydrogen) atoms. The monoisotopic (exact) mass is 908 g/mol. The molecule has 0 atom stereocenters. The molecule has 0 bridgehead atoms. The summed E-state index contributed by atoms with van der Waals surface area (Å²) in [6, 6.07) is 51.9. The lowest BCUT2D eigenvalue weighted by atomic mass is 9.58. The topological polar surface area (TPSA) is 30.1 Å². The van der Waals surface area contributed by atoms with E-state index in [1.54, 1.807) is 0 Å². The van der Waals surface area contributed by atoms with E-state index in [0.717, 1.165) is 36.2 Å². The van der Waals surface area contributed by atoms with Gasteiger partial charge in [-0.05, 0) is 150 Å². The van der Waals surface area contributed by atoms with E-state index < -0.39 is 0 Å². The number of benzene rings is 8. The Balaban J connectivity index is 1.06. The molecule has 2 aromatic heterocycles.